The summed E-state index contributed by atoms with van der Waals surface area (Å²) in [5, 5.41) is 12.3. The highest BCUT2D eigenvalue weighted by Crippen LogP contribution is 2.34. The highest BCUT2D eigenvalue weighted by molar-refractivity contribution is 5.69. The monoisotopic (exact) mass is 215 g/mol. The molecule has 0 atom stereocenters. The van der Waals surface area contributed by atoms with Crippen LogP contribution in [0.25, 0.3) is 0 Å². The minimum atomic E-state index is 0.169. The van der Waals surface area contributed by atoms with Gasteiger partial charge in [-0.05, 0) is 38.0 Å². The lowest BCUT2D eigenvalue weighted by atomic mass is 10.00. The van der Waals surface area contributed by atoms with Crippen LogP contribution in [0.15, 0.2) is 18.2 Å². The number of hydrogen-bond acceptors (Lipinski definition) is 3. The summed E-state index contributed by atoms with van der Waals surface area (Å²) in [6, 6.07) is 7.52. The minimum Gasteiger partial charge on any atom is -0.397 e. The van der Waals surface area contributed by atoms with Crippen molar-refractivity contribution in [3.63, 3.8) is 0 Å². The van der Waals surface area contributed by atoms with E-state index in [1.165, 1.54) is 25.7 Å². The summed E-state index contributed by atoms with van der Waals surface area (Å²) >= 11 is 0. The summed E-state index contributed by atoms with van der Waals surface area (Å²) in [6.07, 6.45) is 4.93. The topological polar surface area (TPSA) is 61.8 Å². The third-order valence-corrected chi connectivity index (χ3v) is 3.32. The number of nitrogens with two attached hydrogens (primary N) is 1. The molecule has 0 heterocycles. The molecule has 1 aromatic carbocycles. The van der Waals surface area contributed by atoms with Gasteiger partial charge in [0.2, 0.25) is 0 Å². The van der Waals surface area contributed by atoms with Gasteiger partial charge in [-0.3, -0.25) is 0 Å². The summed E-state index contributed by atoms with van der Waals surface area (Å²) < 4.78 is 0. The van der Waals surface area contributed by atoms with Crippen molar-refractivity contribution in [1.82, 2.24) is 0 Å². The van der Waals surface area contributed by atoms with Crippen molar-refractivity contribution < 1.29 is 0 Å². The first-order valence-corrected chi connectivity index (χ1v) is 5.71. The highest BCUT2D eigenvalue weighted by Gasteiger charge is 2.28. The van der Waals surface area contributed by atoms with Crippen LogP contribution in [0, 0.1) is 11.3 Å². The van der Waals surface area contributed by atoms with Gasteiger partial charge in [-0.25, -0.2) is 0 Å². The molecular weight excluding hydrogens is 198 g/mol. The van der Waals surface area contributed by atoms with Gasteiger partial charge < -0.3 is 11.1 Å². The molecule has 16 heavy (non-hydrogen) atoms. The molecular formula is C13H17N3. The van der Waals surface area contributed by atoms with Crippen molar-refractivity contribution in [2.45, 2.75) is 38.1 Å². The predicted octanol–water partition coefficient (Wildman–Crippen LogP) is 2.89. The molecule has 0 saturated heterocycles. The van der Waals surface area contributed by atoms with Gasteiger partial charge >= 0.3 is 0 Å². The van der Waals surface area contributed by atoms with Crippen molar-refractivity contribution in [3.8, 4) is 6.07 Å². The Kier molecular flexibility index (Phi) is 2.74. The number of anilines is 2. The van der Waals surface area contributed by atoms with Crippen LogP contribution in [0.4, 0.5) is 11.4 Å². The molecule has 3 nitrogen and oxygen atoms in total. The van der Waals surface area contributed by atoms with E-state index in [1.807, 2.05) is 6.07 Å². The summed E-state index contributed by atoms with van der Waals surface area (Å²) in [5.41, 5.74) is 8.31. The molecule has 3 heteroatoms. The fourth-order valence-electron chi connectivity index (χ4n) is 2.35. The molecule has 0 spiro atoms. The van der Waals surface area contributed by atoms with Gasteiger partial charge in [-0.15, -0.1) is 0 Å². The summed E-state index contributed by atoms with van der Waals surface area (Å²) in [7, 11) is 0. The predicted molar refractivity (Wildman–Crippen MR) is 66.1 cm³/mol. The van der Waals surface area contributed by atoms with Crippen LogP contribution >= 0.6 is 0 Å². The van der Waals surface area contributed by atoms with E-state index in [4.69, 9.17) is 11.0 Å². The first kappa shape index (κ1) is 10.8. The third kappa shape index (κ3) is 2.11. The lowest BCUT2D eigenvalue weighted by molar-refractivity contribution is 0.533. The van der Waals surface area contributed by atoms with E-state index < -0.39 is 0 Å². The van der Waals surface area contributed by atoms with E-state index in [-0.39, 0.29) is 5.54 Å². The van der Waals surface area contributed by atoms with Crippen LogP contribution < -0.4 is 11.1 Å². The van der Waals surface area contributed by atoms with Crippen molar-refractivity contribution in [3.05, 3.63) is 23.8 Å². The van der Waals surface area contributed by atoms with Crippen molar-refractivity contribution in [1.29, 1.82) is 5.26 Å². The molecule has 0 radical (unpaired) electrons. The van der Waals surface area contributed by atoms with Crippen LogP contribution in [0.5, 0.6) is 0 Å². The molecule has 1 fully saturated rings. The smallest absolute Gasteiger partial charge is 0.0992 e. The van der Waals surface area contributed by atoms with Gasteiger partial charge in [0.1, 0.15) is 0 Å². The normalized spacial score (nSPS) is 18.0. The number of nitriles is 1. The van der Waals surface area contributed by atoms with E-state index in [2.05, 4.69) is 18.3 Å². The van der Waals surface area contributed by atoms with Crippen molar-refractivity contribution in [2.24, 2.45) is 0 Å². The van der Waals surface area contributed by atoms with Gasteiger partial charge in [-0.1, -0.05) is 12.8 Å². The second-order valence-electron chi connectivity index (χ2n) is 4.81. The zero-order chi connectivity index (χ0) is 11.6. The fourth-order valence-corrected chi connectivity index (χ4v) is 2.35. The van der Waals surface area contributed by atoms with Gasteiger partial charge in [0.15, 0.2) is 0 Å². The van der Waals surface area contributed by atoms with Crippen LogP contribution in [-0.2, 0) is 0 Å². The number of hydrogen-bond donors (Lipinski definition) is 2. The largest absolute Gasteiger partial charge is 0.397 e. The molecule has 3 N–H and O–H groups in total. The first-order chi connectivity index (χ1) is 7.63. The van der Waals surface area contributed by atoms with Crippen LogP contribution in [0.3, 0.4) is 0 Å². The van der Waals surface area contributed by atoms with Crippen molar-refractivity contribution >= 4 is 11.4 Å². The SMILES string of the molecule is CC1(Nc2ccc(C#N)cc2N)CCCC1. The quantitative estimate of drug-likeness (QED) is 0.746. The van der Waals surface area contributed by atoms with E-state index >= 15 is 0 Å². The summed E-state index contributed by atoms with van der Waals surface area (Å²) in [4.78, 5) is 0. The van der Waals surface area contributed by atoms with Crippen LogP contribution in [-0.4, -0.2) is 5.54 Å². The molecule has 1 saturated carbocycles. The van der Waals surface area contributed by atoms with Crippen LogP contribution in [0.2, 0.25) is 0 Å². The van der Waals surface area contributed by atoms with Crippen LogP contribution in [0.1, 0.15) is 38.2 Å². The maximum atomic E-state index is 8.76. The number of nitrogen functional groups attached to an aromatic ring is 1. The number of benzene rings is 1. The Morgan fingerprint density at radius 3 is 2.62 bits per heavy atom. The molecule has 1 aliphatic rings. The fraction of sp³-hybridized carbons (Fsp3) is 0.462. The lowest BCUT2D eigenvalue weighted by Gasteiger charge is -2.27. The molecule has 0 unspecified atom stereocenters. The van der Waals surface area contributed by atoms with Gasteiger partial charge in [0.05, 0.1) is 23.0 Å². The molecule has 84 valence electrons. The second-order valence-corrected chi connectivity index (χ2v) is 4.81. The Morgan fingerprint density at radius 2 is 2.06 bits per heavy atom. The average Bonchev–Trinajstić information content (AvgIpc) is 2.68. The number of rotatable bonds is 2. The molecule has 0 aromatic heterocycles. The van der Waals surface area contributed by atoms with E-state index in [1.54, 1.807) is 12.1 Å². The molecule has 0 amide bonds. The standard InChI is InChI=1S/C13H17N3/c1-13(6-2-3-7-13)16-12-5-4-10(9-14)8-11(12)15/h4-5,8,16H,2-3,6-7,15H2,1H3. The molecule has 0 bridgehead atoms. The molecule has 1 aromatic rings. The highest BCUT2D eigenvalue weighted by atomic mass is 15.0. The summed E-state index contributed by atoms with van der Waals surface area (Å²) in [6.45, 7) is 2.23. The Hall–Kier alpha value is -1.69. The maximum Gasteiger partial charge on any atom is 0.0992 e. The van der Waals surface area contributed by atoms with Gasteiger partial charge in [-0.2, -0.15) is 5.26 Å². The zero-order valence-corrected chi connectivity index (χ0v) is 9.59. The van der Waals surface area contributed by atoms with E-state index in [0.717, 1.165) is 5.69 Å². The molecule has 0 aliphatic heterocycles. The van der Waals surface area contributed by atoms with E-state index in [0.29, 0.717) is 11.3 Å². The van der Waals surface area contributed by atoms with Gasteiger partial charge in [0, 0.05) is 5.54 Å². The average molecular weight is 215 g/mol. The van der Waals surface area contributed by atoms with Gasteiger partial charge in [0.25, 0.3) is 0 Å². The number of nitrogens with one attached hydrogen (secondary N) is 1. The van der Waals surface area contributed by atoms with E-state index in [9.17, 15) is 0 Å². The van der Waals surface area contributed by atoms with Crippen molar-refractivity contribution in [2.75, 3.05) is 11.1 Å². The Balaban J connectivity index is 2.19. The molecule has 2 rings (SSSR count). The number of nitrogens with zero attached hydrogens (tertiary/aromatic N) is 1. The Bertz CT molecular complexity index is 425. The first-order valence-electron chi connectivity index (χ1n) is 5.71. The summed E-state index contributed by atoms with van der Waals surface area (Å²) in [5.74, 6) is 0. The third-order valence-electron chi connectivity index (χ3n) is 3.32. The minimum absolute atomic E-state index is 0.169. The Morgan fingerprint density at radius 1 is 1.38 bits per heavy atom. The lowest BCUT2D eigenvalue weighted by Crippen LogP contribution is -2.31. The second kappa shape index (κ2) is 4.05. The Labute approximate surface area is 96.3 Å². The molecule has 1 aliphatic carbocycles. The zero-order valence-electron chi connectivity index (χ0n) is 9.59. The maximum absolute atomic E-state index is 8.76.